The highest BCUT2D eigenvalue weighted by Gasteiger charge is 2.45. The molecule has 1 aromatic carbocycles. The van der Waals surface area contributed by atoms with E-state index in [0.717, 1.165) is 24.9 Å². The Kier molecular flexibility index (Phi) is 3.93. The molecule has 1 aromatic heterocycles. The second kappa shape index (κ2) is 5.69. The van der Waals surface area contributed by atoms with Crippen LogP contribution in [0.5, 0.6) is 0 Å². The molecule has 0 unspecified atom stereocenters. The summed E-state index contributed by atoms with van der Waals surface area (Å²) >= 11 is 5.23. The molecule has 20 heavy (non-hydrogen) atoms. The number of hydrogen-bond donors (Lipinski definition) is 1. The Morgan fingerprint density at radius 2 is 2.00 bits per heavy atom. The summed E-state index contributed by atoms with van der Waals surface area (Å²) < 4.78 is 1.17. The molecule has 0 saturated heterocycles. The number of halogens is 1. The molecule has 0 atom stereocenters. The Bertz CT molecular complexity index is 623. The van der Waals surface area contributed by atoms with Gasteiger partial charge in [-0.25, -0.2) is 0 Å². The summed E-state index contributed by atoms with van der Waals surface area (Å²) in [4.78, 5) is 1.33. The third-order valence-corrected chi connectivity index (χ3v) is 5.55. The van der Waals surface area contributed by atoms with Crippen molar-refractivity contribution >= 4 is 27.3 Å². The smallest absolute Gasteiger partial charge is 0.0852 e. The monoisotopic (exact) mass is 346 g/mol. The highest BCUT2D eigenvalue weighted by Crippen LogP contribution is 2.43. The molecule has 0 spiro atoms. The molecule has 0 bridgehead atoms. The number of nitriles is 1. The zero-order valence-electron chi connectivity index (χ0n) is 11.0. The second-order valence-electron chi connectivity index (χ2n) is 5.25. The third-order valence-electron chi connectivity index (χ3n) is 3.92. The van der Waals surface area contributed by atoms with Gasteiger partial charge in [-0.3, -0.25) is 0 Å². The minimum absolute atomic E-state index is 0.283. The Morgan fingerprint density at radius 1 is 1.25 bits per heavy atom. The number of nitrogens with zero attached hydrogens (tertiary/aromatic N) is 1. The fourth-order valence-electron chi connectivity index (χ4n) is 2.77. The van der Waals surface area contributed by atoms with Crippen LogP contribution < -0.4 is 5.32 Å². The van der Waals surface area contributed by atoms with Gasteiger partial charge in [-0.2, -0.15) is 5.26 Å². The van der Waals surface area contributed by atoms with Gasteiger partial charge < -0.3 is 5.32 Å². The topological polar surface area (TPSA) is 35.8 Å². The van der Waals surface area contributed by atoms with Crippen LogP contribution in [0.1, 0.15) is 23.3 Å². The Hall–Kier alpha value is -1.15. The first-order valence-electron chi connectivity index (χ1n) is 6.66. The maximum absolute atomic E-state index is 9.51. The van der Waals surface area contributed by atoms with E-state index < -0.39 is 0 Å². The molecule has 2 nitrogen and oxygen atoms in total. The highest BCUT2D eigenvalue weighted by atomic mass is 79.9. The molecule has 102 valence electrons. The zero-order chi connectivity index (χ0) is 14.0. The molecule has 4 heteroatoms. The van der Waals surface area contributed by atoms with E-state index in [9.17, 15) is 5.26 Å². The molecular weight excluding hydrogens is 332 g/mol. The fraction of sp³-hybridized carbons (Fsp3) is 0.312. The van der Waals surface area contributed by atoms with Gasteiger partial charge in [0.2, 0.25) is 0 Å². The van der Waals surface area contributed by atoms with E-state index in [1.165, 1.54) is 8.66 Å². The molecular formula is C16H15BrN2S. The van der Waals surface area contributed by atoms with Gasteiger partial charge in [0.15, 0.2) is 0 Å². The molecule has 1 aliphatic carbocycles. The molecule has 3 rings (SSSR count). The molecule has 1 N–H and O–H groups in total. The summed E-state index contributed by atoms with van der Waals surface area (Å²) in [5.41, 5.74) is 0.869. The average Bonchev–Trinajstić information content (AvgIpc) is 2.85. The minimum Gasteiger partial charge on any atom is -0.309 e. The summed E-state index contributed by atoms with van der Waals surface area (Å²) in [5, 5.41) is 13.1. The molecule has 0 aliphatic heterocycles. The fourth-order valence-corrected chi connectivity index (χ4v) is 4.20. The van der Waals surface area contributed by atoms with Crippen LogP contribution in [0.4, 0.5) is 0 Å². The van der Waals surface area contributed by atoms with E-state index in [0.29, 0.717) is 6.04 Å². The van der Waals surface area contributed by atoms with Crippen molar-refractivity contribution in [3.8, 4) is 6.07 Å². The summed E-state index contributed by atoms with van der Waals surface area (Å²) in [6.07, 6.45) is 1.81. The Morgan fingerprint density at radius 3 is 2.60 bits per heavy atom. The number of nitrogens with one attached hydrogen (secondary N) is 1. The lowest BCUT2D eigenvalue weighted by Gasteiger charge is -2.43. The molecule has 1 aliphatic rings. The zero-order valence-corrected chi connectivity index (χ0v) is 13.4. The molecule has 0 radical (unpaired) electrons. The SMILES string of the molecule is N#CC1(c2ccccc2)CC(NCc2ccc(Br)s2)C1. The highest BCUT2D eigenvalue weighted by molar-refractivity contribution is 9.11. The second-order valence-corrected chi connectivity index (χ2v) is 7.80. The first-order valence-corrected chi connectivity index (χ1v) is 8.27. The first-order chi connectivity index (χ1) is 9.72. The molecule has 1 saturated carbocycles. The van der Waals surface area contributed by atoms with Crippen molar-refractivity contribution in [1.82, 2.24) is 5.32 Å². The molecule has 0 amide bonds. The van der Waals surface area contributed by atoms with Crippen molar-refractivity contribution in [1.29, 1.82) is 5.26 Å². The van der Waals surface area contributed by atoms with Crippen molar-refractivity contribution in [3.63, 3.8) is 0 Å². The summed E-state index contributed by atoms with van der Waals surface area (Å²) in [5.74, 6) is 0. The Balaban J connectivity index is 1.58. The van der Waals surface area contributed by atoms with Crippen molar-refractivity contribution in [2.75, 3.05) is 0 Å². The predicted molar refractivity (Wildman–Crippen MR) is 85.6 cm³/mol. The standard InChI is InChI=1S/C16H15BrN2S/c17-15-7-6-14(20-15)10-19-13-8-16(9-13,11-18)12-4-2-1-3-5-12/h1-7,13,19H,8-10H2. The summed E-state index contributed by atoms with van der Waals surface area (Å²) in [6, 6.07) is 17.3. The van der Waals surface area contributed by atoms with Crippen molar-refractivity contribution < 1.29 is 0 Å². The van der Waals surface area contributed by atoms with Gasteiger partial charge >= 0.3 is 0 Å². The van der Waals surface area contributed by atoms with Crippen LogP contribution in [0, 0.1) is 11.3 Å². The van der Waals surface area contributed by atoms with Crippen LogP contribution in [0.15, 0.2) is 46.3 Å². The largest absolute Gasteiger partial charge is 0.309 e. The number of benzene rings is 1. The lowest BCUT2D eigenvalue weighted by atomic mass is 9.62. The summed E-state index contributed by atoms with van der Waals surface area (Å²) in [7, 11) is 0. The van der Waals surface area contributed by atoms with Gasteiger partial charge in [-0.15, -0.1) is 11.3 Å². The van der Waals surface area contributed by atoms with Crippen LogP contribution >= 0.6 is 27.3 Å². The van der Waals surface area contributed by atoms with Gasteiger partial charge in [0, 0.05) is 17.5 Å². The van der Waals surface area contributed by atoms with Crippen molar-refractivity contribution in [2.45, 2.75) is 30.8 Å². The minimum atomic E-state index is -0.283. The number of hydrogen-bond acceptors (Lipinski definition) is 3. The molecule has 1 heterocycles. The van der Waals surface area contributed by atoms with E-state index in [1.54, 1.807) is 11.3 Å². The van der Waals surface area contributed by atoms with Gasteiger partial charge in [0.1, 0.15) is 0 Å². The quantitative estimate of drug-likeness (QED) is 0.899. The van der Waals surface area contributed by atoms with E-state index in [2.05, 4.69) is 51.6 Å². The van der Waals surface area contributed by atoms with Gasteiger partial charge in [0.25, 0.3) is 0 Å². The average molecular weight is 347 g/mol. The lowest BCUT2D eigenvalue weighted by Crippen LogP contribution is -2.50. The van der Waals surface area contributed by atoms with E-state index in [4.69, 9.17) is 0 Å². The maximum atomic E-state index is 9.51. The van der Waals surface area contributed by atoms with Crippen LogP contribution in [-0.2, 0) is 12.0 Å². The molecule has 2 aromatic rings. The van der Waals surface area contributed by atoms with Crippen LogP contribution in [0.2, 0.25) is 0 Å². The Labute approximate surface area is 131 Å². The van der Waals surface area contributed by atoms with Gasteiger partial charge in [0.05, 0.1) is 15.3 Å². The number of rotatable bonds is 4. The summed E-state index contributed by atoms with van der Waals surface area (Å²) in [6.45, 7) is 0.886. The van der Waals surface area contributed by atoms with Gasteiger partial charge in [-0.05, 0) is 46.5 Å². The van der Waals surface area contributed by atoms with Crippen LogP contribution in [0.3, 0.4) is 0 Å². The molecule has 1 fully saturated rings. The van der Waals surface area contributed by atoms with Crippen molar-refractivity contribution in [3.05, 3.63) is 56.7 Å². The number of thiophene rings is 1. The van der Waals surface area contributed by atoms with E-state index in [-0.39, 0.29) is 5.41 Å². The lowest BCUT2D eigenvalue weighted by molar-refractivity contribution is 0.226. The third kappa shape index (κ3) is 2.67. The van der Waals surface area contributed by atoms with Crippen molar-refractivity contribution in [2.24, 2.45) is 0 Å². The first kappa shape index (κ1) is 13.8. The maximum Gasteiger partial charge on any atom is 0.0852 e. The van der Waals surface area contributed by atoms with Gasteiger partial charge in [-0.1, -0.05) is 30.3 Å². The van der Waals surface area contributed by atoms with Crippen LogP contribution in [-0.4, -0.2) is 6.04 Å². The predicted octanol–water partition coefficient (Wildman–Crippen LogP) is 4.22. The van der Waals surface area contributed by atoms with E-state index >= 15 is 0 Å². The van der Waals surface area contributed by atoms with Crippen LogP contribution in [0.25, 0.3) is 0 Å². The normalized spacial score (nSPS) is 24.9. The van der Waals surface area contributed by atoms with E-state index in [1.807, 2.05) is 18.2 Å².